The van der Waals surface area contributed by atoms with Gasteiger partial charge in [-0.05, 0) is 44.2 Å². The Balaban J connectivity index is 0.00000280. The van der Waals surface area contributed by atoms with Crippen LogP contribution in [0.5, 0.6) is 0 Å². The van der Waals surface area contributed by atoms with Gasteiger partial charge in [0.25, 0.3) is 0 Å². The molecule has 2 heterocycles. The first-order chi connectivity index (χ1) is 12.8. The number of nitrogens with zero attached hydrogens (tertiary/aromatic N) is 2. The third-order valence-electron chi connectivity index (χ3n) is 3.65. The van der Waals surface area contributed by atoms with E-state index in [4.69, 9.17) is 4.74 Å². The molecule has 2 aromatic heterocycles. The molecule has 0 aliphatic heterocycles. The molecule has 3 aromatic rings. The zero-order chi connectivity index (χ0) is 19.4. The van der Waals surface area contributed by atoms with Gasteiger partial charge < -0.3 is 19.8 Å². The fourth-order valence-corrected chi connectivity index (χ4v) is 2.52. The Kier molecular flexibility index (Phi) is 5.64. The van der Waals surface area contributed by atoms with Crippen LogP contribution in [-0.4, -0.2) is 26.6 Å². The van der Waals surface area contributed by atoms with Gasteiger partial charge >= 0.3 is 6.09 Å². The van der Waals surface area contributed by atoms with E-state index < -0.39 is 17.7 Å². The number of hydrogen-bond donors (Lipinski definition) is 2. The average Bonchev–Trinajstić information content (AvgIpc) is 2.61. The van der Waals surface area contributed by atoms with E-state index in [-0.39, 0.29) is 11.3 Å². The van der Waals surface area contributed by atoms with Crippen molar-refractivity contribution in [1.29, 1.82) is 0 Å². The summed E-state index contributed by atoms with van der Waals surface area (Å²) in [4.78, 5) is 35.9. The van der Waals surface area contributed by atoms with Crippen molar-refractivity contribution in [3.05, 3.63) is 76.7 Å². The van der Waals surface area contributed by atoms with Crippen molar-refractivity contribution >= 4 is 17.3 Å². The van der Waals surface area contributed by atoms with E-state index in [1.807, 2.05) is 30.3 Å². The van der Waals surface area contributed by atoms with Crippen molar-refractivity contribution in [2.24, 2.45) is 0 Å². The molecule has 0 unspecified atom stereocenters. The van der Waals surface area contributed by atoms with Crippen LogP contribution in [0.4, 0.5) is 4.79 Å². The predicted octanol–water partition coefficient (Wildman–Crippen LogP) is 3.14. The third kappa shape index (κ3) is 4.85. The first kappa shape index (κ1) is 20.0. The van der Waals surface area contributed by atoms with Crippen LogP contribution in [0.15, 0.2) is 53.5 Å². The maximum absolute atomic E-state index is 12.4. The van der Waals surface area contributed by atoms with Crippen LogP contribution >= 0.6 is 0 Å². The summed E-state index contributed by atoms with van der Waals surface area (Å²) < 4.78 is 5.34. The zero-order valence-electron chi connectivity index (χ0n) is 15.7. The SMILES string of the molecule is CC(C)(C)OC(=O)N[C@H]([CH-]c1nc2ncccc2[nH]c1=O)c1ccccc1.[Lr]. The molecule has 28 heavy (non-hydrogen) atoms. The maximum Gasteiger partial charge on any atom is 0.407 e. The van der Waals surface area contributed by atoms with Crippen molar-refractivity contribution in [1.82, 2.24) is 20.3 Å². The molecule has 1 aromatic carbocycles. The molecule has 3 rings (SSSR count). The Morgan fingerprint density at radius 2 is 1.89 bits per heavy atom. The van der Waals surface area contributed by atoms with E-state index >= 15 is 0 Å². The molecule has 155 valence electrons. The summed E-state index contributed by atoms with van der Waals surface area (Å²) in [5.41, 5.74) is 0.955. The molecule has 1 atom stereocenters. The fourth-order valence-electron chi connectivity index (χ4n) is 2.52. The second-order valence-electron chi connectivity index (χ2n) is 7.03. The molecule has 1 amide bonds. The van der Waals surface area contributed by atoms with Crippen LogP contribution in [0.1, 0.15) is 38.1 Å². The molecule has 0 aliphatic carbocycles. The van der Waals surface area contributed by atoms with Gasteiger partial charge in [0, 0.05) is 12.2 Å². The molecule has 0 bridgehead atoms. The Hall–Kier alpha value is -4.35. The van der Waals surface area contributed by atoms with Crippen molar-refractivity contribution in [2.45, 2.75) is 32.4 Å². The minimum absolute atomic E-state index is 0. The average molecular weight is 627 g/mol. The number of amides is 1. The number of aromatic amines is 1. The molecule has 0 saturated carbocycles. The number of carbonyl (C=O) groups is 1. The molecule has 0 fully saturated rings. The van der Waals surface area contributed by atoms with Crippen LogP contribution in [0.2, 0.25) is 0 Å². The number of H-pyrrole nitrogens is 1. The van der Waals surface area contributed by atoms with Crippen LogP contribution < -0.4 is 10.9 Å². The van der Waals surface area contributed by atoms with E-state index in [2.05, 4.69) is 20.3 Å². The number of fused-ring (bicyclic) bond motifs is 1. The molecule has 8 heteroatoms. The summed E-state index contributed by atoms with van der Waals surface area (Å²) in [6, 6.07) is 12.2. The smallest absolute Gasteiger partial charge is 0.407 e. The summed E-state index contributed by atoms with van der Waals surface area (Å²) >= 11 is 0. The van der Waals surface area contributed by atoms with Crippen LogP contribution in [0.25, 0.3) is 11.2 Å². The first-order valence-corrected chi connectivity index (χ1v) is 8.56. The number of nitrogens with one attached hydrogen (secondary N) is 2. The van der Waals surface area contributed by atoms with Crippen molar-refractivity contribution in [3.8, 4) is 0 Å². The van der Waals surface area contributed by atoms with E-state index in [0.717, 1.165) is 5.56 Å². The first-order valence-electron chi connectivity index (χ1n) is 8.56. The number of alkyl carbamates (subject to hydrolysis) is 1. The largest absolute Gasteiger partial charge is 0.444 e. The van der Waals surface area contributed by atoms with Gasteiger partial charge in [0.05, 0.1) is 5.52 Å². The maximum atomic E-state index is 12.4. The summed E-state index contributed by atoms with van der Waals surface area (Å²) in [5.74, 6) is 0. The van der Waals surface area contributed by atoms with E-state index in [0.29, 0.717) is 11.2 Å². The van der Waals surface area contributed by atoms with Crippen molar-refractivity contribution in [3.63, 3.8) is 0 Å². The van der Waals surface area contributed by atoms with Gasteiger partial charge in [0.1, 0.15) is 11.2 Å². The summed E-state index contributed by atoms with van der Waals surface area (Å²) in [5, 5.41) is 2.78. The molecular weight excluding hydrogens is 606 g/mol. The molecule has 0 spiro atoms. The quantitative estimate of drug-likeness (QED) is 0.434. The zero-order valence-corrected chi connectivity index (χ0v) is 17.8. The van der Waals surface area contributed by atoms with E-state index in [1.54, 1.807) is 45.5 Å². The number of aromatic nitrogens is 3. The Bertz CT molecular complexity index is 999. The molecule has 7 nitrogen and oxygen atoms in total. The number of hydrogen-bond acceptors (Lipinski definition) is 5. The van der Waals surface area contributed by atoms with Gasteiger partial charge in [-0.2, -0.15) is 6.42 Å². The van der Waals surface area contributed by atoms with Crippen molar-refractivity contribution < 1.29 is 9.53 Å². The van der Waals surface area contributed by atoms with Crippen LogP contribution in [-0.2, 0) is 4.74 Å². The standard InChI is InChI=1S/C20H21N4O3.Lr/c1-20(2,3)27-19(26)24-15(13-8-5-4-6-9-13)12-16-18(25)23-14-10-7-11-21-17(14)22-16;/h4-12,15H,1-3H3,(H,23,25)(H,24,26);/q-1;/t15-;/m1./s1. The molecule has 0 aliphatic rings. The molecule has 1 radical (unpaired) electrons. The van der Waals surface area contributed by atoms with Crippen molar-refractivity contribution in [2.75, 3.05) is 0 Å². The predicted molar refractivity (Wildman–Crippen MR) is 102 cm³/mol. The normalized spacial score (nSPS) is 12.0. The molecule has 0 saturated heterocycles. The van der Waals surface area contributed by atoms with Gasteiger partial charge in [-0.1, -0.05) is 30.3 Å². The van der Waals surface area contributed by atoms with Gasteiger partial charge in [0.2, 0.25) is 0 Å². The summed E-state index contributed by atoms with van der Waals surface area (Å²) in [6.45, 7) is 5.36. The van der Waals surface area contributed by atoms with E-state index in [9.17, 15) is 9.59 Å². The minimum atomic E-state index is -0.631. The van der Waals surface area contributed by atoms with Gasteiger partial charge in [-0.25, -0.2) is 9.78 Å². The number of benzene rings is 1. The monoisotopic (exact) mass is 627 g/mol. The van der Waals surface area contributed by atoms with Gasteiger partial charge in [-0.3, -0.25) is 4.98 Å². The summed E-state index contributed by atoms with van der Waals surface area (Å²) in [7, 11) is 0. The number of carbonyl (C=O) groups excluding carboxylic acids is 1. The Morgan fingerprint density at radius 3 is 2.57 bits per heavy atom. The topological polar surface area (TPSA) is 97.0 Å². The van der Waals surface area contributed by atoms with Crippen LogP contribution in [0, 0.1) is 6.42 Å². The Labute approximate surface area is 156 Å². The second-order valence-corrected chi connectivity index (χ2v) is 7.03. The number of ether oxygens (including phenoxy) is 1. The fraction of sp³-hybridized carbons (Fsp3) is 0.250. The van der Waals surface area contributed by atoms with Gasteiger partial charge in [-0.15, -0.1) is 0 Å². The van der Waals surface area contributed by atoms with Gasteiger partial charge in [0.15, 0.2) is 5.65 Å². The minimum Gasteiger partial charge on any atom is -0.444 e. The molecular formula is C20H21LrN4O3-. The molecule has 2 N–H and O–H groups in total. The third-order valence-corrected chi connectivity index (χ3v) is 3.65. The Morgan fingerprint density at radius 1 is 1.18 bits per heavy atom. The second kappa shape index (κ2) is 7.90. The summed E-state index contributed by atoms with van der Waals surface area (Å²) in [6.07, 6.45) is 2.61. The number of pyridine rings is 1. The number of rotatable bonds is 4. The van der Waals surface area contributed by atoms with E-state index in [1.165, 1.54) is 0 Å². The van der Waals surface area contributed by atoms with Crippen LogP contribution in [0.3, 0.4) is 0 Å².